The molecule has 0 saturated carbocycles. The molecule has 0 radical (unpaired) electrons. The van der Waals surface area contributed by atoms with Gasteiger partial charge in [0.25, 0.3) is 5.56 Å². The predicted molar refractivity (Wildman–Crippen MR) is 111 cm³/mol. The summed E-state index contributed by atoms with van der Waals surface area (Å²) in [4.78, 5) is 26.0. The van der Waals surface area contributed by atoms with E-state index in [2.05, 4.69) is 25.6 Å². The molecule has 0 aliphatic heterocycles. The van der Waals surface area contributed by atoms with E-state index < -0.39 is 5.60 Å². The van der Waals surface area contributed by atoms with E-state index in [1.807, 2.05) is 26.8 Å². The molecule has 0 unspecified atom stereocenters. The van der Waals surface area contributed by atoms with Crippen molar-refractivity contribution in [1.29, 1.82) is 0 Å². The highest BCUT2D eigenvalue weighted by molar-refractivity contribution is 5.93. The largest absolute Gasteiger partial charge is 0.389 e. The van der Waals surface area contributed by atoms with Crippen LogP contribution in [-0.4, -0.2) is 35.8 Å². The van der Waals surface area contributed by atoms with E-state index in [9.17, 15) is 9.90 Å². The van der Waals surface area contributed by atoms with Gasteiger partial charge in [-0.15, -0.1) is 0 Å². The van der Waals surface area contributed by atoms with E-state index in [-0.39, 0.29) is 17.6 Å². The Kier molecular flexibility index (Phi) is 5.08. The van der Waals surface area contributed by atoms with Gasteiger partial charge in [-0.1, -0.05) is 0 Å². The Balaban J connectivity index is 2.15. The molecule has 3 heterocycles. The minimum Gasteiger partial charge on any atom is -0.389 e. The minimum atomic E-state index is -1.00. The maximum atomic E-state index is 13.1. The van der Waals surface area contributed by atoms with Crippen molar-refractivity contribution in [2.24, 2.45) is 0 Å². The van der Waals surface area contributed by atoms with Crippen molar-refractivity contribution in [2.75, 3.05) is 10.6 Å². The summed E-state index contributed by atoms with van der Waals surface area (Å²) >= 11 is 0. The second-order valence-electron chi connectivity index (χ2n) is 8.47. The Hall–Kier alpha value is -3.00. The summed E-state index contributed by atoms with van der Waals surface area (Å²) in [5.41, 5.74) is -1.50. The standard InChI is InChI=1S/C20H26N6O2/c1-19(2,3)25-17-16-13(6-9-26(18(16)27)12-20(4,5)28)10-14(24-17)23-15-11-21-7-8-22-15/h6-11,28H,12H2,1-5H3,(H2,22,23,24,25). The number of nitrogens with zero attached hydrogens (tertiary/aromatic N) is 4. The molecule has 0 saturated heterocycles. The van der Waals surface area contributed by atoms with Gasteiger partial charge < -0.3 is 20.3 Å². The van der Waals surface area contributed by atoms with Crippen molar-refractivity contribution in [2.45, 2.75) is 52.3 Å². The molecule has 8 heteroatoms. The Morgan fingerprint density at radius 2 is 1.89 bits per heavy atom. The molecule has 0 bridgehead atoms. The Morgan fingerprint density at radius 3 is 2.50 bits per heavy atom. The fourth-order valence-electron chi connectivity index (χ4n) is 2.85. The highest BCUT2D eigenvalue weighted by Gasteiger charge is 2.20. The molecule has 3 aromatic heterocycles. The van der Waals surface area contributed by atoms with Gasteiger partial charge in [-0.3, -0.25) is 9.78 Å². The number of hydrogen-bond donors (Lipinski definition) is 3. The normalized spacial score (nSPS) is 12.2. The molecular formula is C20H26N6O2. The molecule has 8 nitrogen and oxygen atoms in total. The highest BCUT2D eigenvalue weighted by Crippen LogP contribution is 2.26. The first-order valence-electron chi connectivity index (χ1n) is 9.10. The number of aliphatic hydroxyl groups is 1. The molecule has 0 aromatic carbocycles. The van der Waals surface area contributed by atoms with Gasteiger partial charge in [-0.05, 0) is 52.1 Å². The van der Waals surface area contributed by atoms with E-state index in [1.165, 1.54) is 4.57 Å². The third kappa shape index (κ3) is 4.83. The highest BCUT2D eigenvalue weighted by atomic mass is 16.3. The average Bonchev–Trinajstić information content (AvgIpc) is 2.55. The third-order valence-electron chi connectivity index (χ3n) is 3.83. The quantitative estimate of drug-likeness (QED) is 0.623. The second-order valence-corrected chi connectivity index (χ2v) is 8.47. The first kappa shape index (κ1) is 19.8. The summed E-state index contributed by atoms with van der Waals surface area (Å²) in [6, 6.07) is 3.65. The third-order valence-corrected chi connectivity index (χ3v) is 3.83. The summed E-state index contributed by atoms with van der Waals surface area (Å²) in [6.45, 7) is 9.54. The fraction of sp³-hybridized carbons (Fsp3) is 0.400. The molecule has 0 fully saturated rings. The number of pyridine rings is 2. The van der Waals surface area contributed by atoms with Crippen LogP contribution in [0.4, 0.5) is 17.5 Å². The van der Waals surface area contributed by atoms with Crippen LogP contribution < -0.4 is 16.2 Å². The molecule has 0 atom stereocenters. The van der Waals surface area contributed by atoms with Gasteiger partial charge in [0, 0.05) is 24.1 Å². The second kappa shape index (κ2) is 7.20. The molecule has 0 amide bonds. The monoisotopic (exact) mass is 382 g/mol. The molecule has 0 aliphatic rings. The van der Waals surface area contributed by atoms with Crippen LogP contribution in [-0.2, 0) is 6.54 Å². The average molecular weight is 382 g/mol. The van der Waals surface area contributed by atoms with E-state index in [0.29, 0.717) is 22.8 Å². The fourth-order valence-corrected chi connectivity index (χ4v) is 2.85. The minimum absolute atomic E-state index is 0.191. The van der Waals surface area contributed by atoms with Crippen molar-refractivity contribution in [1.82, 2.24) is 19.5 Å². The molecule has 0 aliphatic carbocycles. The lowest BCUT2D eigenvalue weighted by molar-refractivity contribution is 0.0606. The maximum Gasteiger partial charge on any atom is 0.262 e. The van der Waals surface area contributed by atoms with Gasteiger partial charge in [0.15, 0.2) is 0 Å². The molecule has 3 N–H and O–H groups in total. The lowest BCUT2D eigenvalue weighted by atomic mass is 10.1. The molecule has 148 valence electrons. The molecule has 3 aromatic rings. The number of anilines is 3. The van der Waals surface area contributed by atoms with Gasteiger partial charge in [0.2, 0.25) is 0 Å². The van der Waals surface area contributed by atoms with E-state index in [0.717, 1.165) is 5.39 Å². The van der Waals surface area contributed by atoms with Crippen molar-refractivity contribution in [3.63, 3.8) is 0 Å². The van der Waals surface area contributed by atoms with Crippen LogP contribution in [0.2, 0.25) is 0 Å². The van der Waals surface area contributed by atoms with Crippen LogP contribution in [0.3, 0.4) is 0 Å². The first-order chi connectivity index (χ1) is 13.0. The molecule has 0 spiro atoms. The Morgan fingerprint density at radius 1 is 1.14 bits per heavy atom. The Labute approximate surface area is 163 Å². The number of rotatable bonds is 5. The van der Waals surface area contributed by atoms with E-state index in [1.54, 1.807) is 44.7 Å². The zero-order valence-electron chi connectivity index (χ0n) is 16.8. The molecule has 28 heavy (non-hydrogen) atoms. The van der Waals surface area contributed by atoms with E-state index >= 15 is 0 Å². The Bertz CT molecular complexity index is 1030. The van der Waals surface area contributed by atoms with Crippen molar-refractivity contribution >= 4 is 28.2 Å². The lowest BCUT2D eigenvalue weighted by Crippen LogP contribution is -2.33. The van der Waals surface area contributed by atoms with Gasteiger partial charge in [-0.25, -0.2) is 9.97 Å². The number of hydrogen-bond acceptors (Lipinski definition) is 7. The zero-order chi connectivity index (χ0) is 20.5. The van der Waals surface area contributed by atoms with Crippen molar-refractivity contribution < 1.29 is 5.11 Å². The molecular weight excluding hydrogens is 356 g/mol. The van der Waals surface area contributed by atoms with Gasteiger partial charge in [0.05, 0.1) is 23.7 Å². The first-order valence-corrected chi connectivity index (χ1v) is 9.10. The topological polar surface area (TPSA) is 105 Å². The SMILES string of the molecule is CC(C)(O)Cn1ccc2cc(Nc3cnccn3)nc(NC(C)(C)C)c2c1=O. The van der Waals surface area contributed by atoms with Crippen LogP contribution in [0.15, 0.2) is 41.7 Å². The van der Waals surface area contributed by atoms with E-state index in [4.69, 9.17) is 0 Å². The summed E-state index contributed by atoms with van der Waals surface area (Å²) in [5, 5.41) is 17.8. The summed E-state index contributed by atoms with van der Waals surface area (Å²) in [5.74, 6) is 1.59. The predicted octanol–water partition coefficient (Wildman–Crippen LogP) is 2.91. The van der Waals surface area contributed by atoms with Crippen LogP contribution in [0, 0.1) is 0 Å². The van der Waals surface area contributed by atoms with Gasteiger partial charge in [0.1, 0.15) is 17.5 Å². The summed E-state index contributed by atoms with van der Waals surface area (Å²) < 4.78 is 1.51. The van der Waals surface area contributed by atoms with Crippen molar-refractivity contribution in [3.8, 4) is 0 Å². The number of nitrogens with one attached hydrogen (secondary N) is 2. The summed E-state index contributed by atoms with van der Waals surface area (Å²) in [6.07, 6.45) is 6.48. The maximum absolute atomic E-state index is 13.1. The van der Waals surface area contributed by atoms with Gasteiger partial charge in [-0.2, -0.15) is 0 Å². The van der Waals surface area contributed by atoms with Crippen LogP contribution >= 0.6 is 0 Å². The number of fused-ring (bicyclic) bond motifs is 1. The van der Waals surface area contributed by atoms with Crippen LogP contribution in [0.1, 0.15) is 34.6 Å². The molecule has 3 rings (SSSR count). The van der Waals surface area contributed by atoms with Gasteiger partial charge >= 0.3 is 0 Å². The number of aromatic nitrogens is 4. The summed E-state index contributed by atoms with van der Waals surface area (Å²) in [7, 11) is 0. The smallest absolute Gasteiger partial charge is 0.262 e. The van der Waals surface area contributed by atoms with Crippen LogP contribution in [0.25, 0.3) is 10.8 Å². The lowest BCUT2D eigenvalue weighted by Gasteiger charge is -2.24. The zero-order valence-corrected chi connectivity index (χ0v) is 16.8. The van der Waals surface area contributed by atoms with Crippen molar-refractivity contribution in [3.05, 3.63) is 47.3 Å². The van der Waals surface area contributed by atoms with Crippen LogP contribution in [0.5, 0.6) is 0 Å².